The molecule has 54 valence electrons. The van der Waals surface area contributed by atoms with Crippen LogP contribution >= 0.6 is 0 Å². The molecule has 2 atom stereocenters. The number of ether oxygens (including phenoxy) is 2. The summed E-state index contributed by atoms with van der Waals surface area (Å²) in [7, 11) is 1.59. The van der Waals surface area contributed by atoms with Crippen LogP contribution in [0.5, 0.6) is 0 Å². The van der Waals surface area contributed by atoms with Crippen LogP contribution in [0.1, 0.15) is 6.42 Å². The molecule has 1 aliphatic heterocycles. The molecule has 0 amide bonds. The molecule has 0 bridgehead atoms. The lowest BCUT2D eigenvalue weighted by atomic mass is 10.1. The van der Waals surface area contributed by atoms with Gasteiger partial charge in [-0.3, -0.25) is 0 Å². The topological polar surface area (TPSA) is 38.7 Å². The van der Waals surface area contributed by atoms with Crippen LogP contribution < -0.4 is 0 Å². The summed E-state index contributed by atoms with van der Waals surface area (Å²) in [4.78, 5) is 0. The maximum absolute atomic E-state index is 9.16. The Hall–Kier alpha value is -0.120. The summed E-state index contributed by atoms with van der Waals surface area (Å²) >= 11 is 0. The lowest BCUT2D eigenvalue weighted by Crippen LogP contribution is -2.37. The van der Waals surface area contributed by atoms with Crippen molar-refractivity contribution in [3.8, 4) is 0 Å². The molecule has 1 unspecified atom stereocenters. The number of rotatable bonds is 1. The molecule has 0 spiro atoms. The SMILES string of the molecule is CO[C@@H]1COCCC1O. The van der Waals surface area contributed by atoms with E-state index in [2.05, 4.69) is 0 Å². The Labute approximate surface area is 54.6 Å². The predicted molar refractivity (Wildman–Crippen MR) is 32.2 cm³/mol. The van der Waals surface area contributed by atoms with Crippen LogP contribution in [0.25, 0.3) is 0 Å². The molecule has 1 rings (SSSR count). The molecule has 0 aromatic carbocycles. The number of hydrogen-bond donors (Lipinski definition) is 1. The molecule has 0 aliphatic carbocycles. The Balaban J connectivity index is 2.30. The van der Waals surface area contributed by atoms with Crippen LogP contribution in [0.4, 0.5) is 0 Å². The fraction of sp³-hybridized carbons (Fsp3) is 1.00. The summed E-state index contributed by atoms with van der Waals surface area (Å²) in [5, 5.41) is 9.16. The highest BCUT2D eigenvalue weighted by Crippen LogP contribution is 2.09. The van der Waals surface area contributed by atoms with Crippen LogP contribution in [0, 0.1) is 0 Å². The fourth-order valence-electron chi connectivity index (χ4n) is 0.926. The molecule has 9 heavy (non-hydrogen) atoms. The molecule has 3 heteroatoms. The second kappa shape index (κ2) is 3.15. The maximum Gasteiger partial charge on any atom is 0.106 e. The van der Waals surface area contributed by atoms with Gasteiger partial charge in [0.25, 0.3) is 0 Å². The summed E-state index contributed by atoms with van der Waals surface area (Å²) < 4.78 is 9.99. The standard InChI is InChI=1S/C6H12O3/c1-8-6-4-9-3-2-5(6)7/h5-7H,2-4H2,1H3/t5?,6-/m1/s1. The summed E-state index contributed by atoms with van der Waals surface area (Å²) in [5.41, 5.74) is 0. The van der Waals surface area contributed by atoms with Crippen molar-refractivity contribution in [3.63, 3.8) is 0 Å². The highest BCUT2D eigenvalue weighted by atomic mass is 16.5. The zero-order valence-corrected chi connectivity index (χ0v) is 5.54. The minimum atomic E-state index is -0.330. The van der Waals surface area contributed by atoms with Crippen LogP contribution in [0.3, 0.4) is 0 Å². The lowest BCUT2D eigenvalue weighted by Gasteiger charge is -2.25. The van der Waals surface area contributed by atoms with E-state index in [-0.39, 0.29) is 12.2 Å². The van der Waals surface area contributed by atoms with Crippen molar-refractivity contribution in [3.05, 3.63) is 0 Å². The van der Waals surface area contributed by atoms with Gasteiger partial charge in [0.2, 0.25) is 0 Å². The first-order valence-electron chi connectivity index (χ1n) is 3.13. The highest BCUT2D eigenvalue weighted by Gasteiger charge is 2.22. The van der Waals surface area contributed by atoms with E-state index in [0.29, 0.717) is 19.6 Å². The molecule has 1 fully saturated rings. The van der Waals surface area contributed by atoms with Gasteiger partial charge in [-0.2, -0.15) is 0 Å². The normalized spacial score (nSPS) is 36.7. The summed E-state index contributed by atoms with van der Waals surface area (Å²) in [6.45, 7) is 1.18. The molecule has 0 aromatic heterocycles. The van der Waals surface area contributed by atoms with E-state index in [1.54, 1.807) is 7.11 Å². The molecule has 1 aliphatic rings. The first kappa shape index (κ1) is 6.99. The Kier molecular flexibility index (Phi) is 2.45. The first-order chi connectivity index (χ1) is 4.34. The molecule has 3 nitrogen and oxygen atoms in total. The number of hydrogen-bond acceptors (Lipinski definition) is 3. The van der Waals surface area contributed by atoms with E-state index in [1.165, 1.54) is 0 Å². The van der Waals surface area contributed by atoms with E-state index in [0.717, 1.165) is 0 Å². The minimum Gasteiger partial charge on any atom is -0.390 e. The molecule has 0 aromatic rings. The molecule has 1 heterocycles. The smallest absolute Gasteiger partial charge is 0.106 e. The zero-order valence-electron chi connectivity index (χ0n) is 5.54. The monoisotopic (exact) mass is 132 g/mol. The highest BCUT2D eigenvalue weighted by molar-refractivity contribution is 4.71. The summed E-state index contributed by atoms with van der Waals surface area (Å²) in [6.07, 6.45) is 0.251. The van der Waals surface area contributed by atoms with Gasteiger partial charge in [-0.25, -0.2) is 0 Å². The van der Waals surface area contributed by atoms with Crippen LogP contribution in [0.2, 0.25) is 0 Å². The third-order valence-electron chi connectivity index (χ3n) is 1.57. The van der Waals surface area contributed by atoms with Crippen molar-refractivity contribution in [2.24, 2.45) is 0 Å². The number of aliphatic hydroxyl groups is 1. The summed E-state index contributed by atoms with van der Waals surface area (Å²) in [5.74, 6) is 0. The lowest BCUT2D eigenvalue weighted by molar-refractivity contribution is -0.102. The van der Waals surface area contributed by atoms with E-state index >= 15 is 0 Å². The maximum atomic E-state index is 9.16. The van der Waals surface area contributed by atoms with Crippen LogP contribution in [0.15, 0.2) is 0 Å². The van der Waals surface area contributed by atoms with Crippen molar-refractivity contribution < 1.29 is 14.6 Å². The van der Waals surface area contributed by atoms with Crippen molar-refractivity contribution in [2.75, 3.05) is 20.3 Å². The van der Waals surface area contributed by atoms with Gasteiger partial charge in [-0.15, -0.1) is 0 Å². The van der Waals surface area contributed by atoms with E-state index < -0.39 is 0 Å². The Bertz CT molecular complexity index is 84.4. The minimum absolute atomic E-state index is 0.112. The summed E-state index contributed by atoms with van der Waals surface area (Å²) in [6, 6.07) is 0. The third kappa shape index (κ3) is 1.64. The second-order valence-corrected chi connectivity index (χ2v) is 2.21. The van der Waals surface area contributed by atoms with Crippen molar-refractivity contribution in [1.82, 2.24) is 0 Å². The van der Waals surface area contributed by atoms with Crippen LogP contribution in [-0.2, 0) is 9.47 Å². The first-order valence-corrected chi connectivity index (χ1v) is 3.13. The van der Waals surface area contributed by atoms with Gasteiger partial charge < -0.3 is 14.6 Å². The largest absolute Gasteiger partial charge is 0.390 e. The average molecular weight is 132 g/mol. The van der Waals surface area contributed by atoms with Crippen molar-refractivity contribution in [1.29, 1.82) is 0 Å². The molecule has 1 saturated heterocycles. The van der Waals surface area contributed by atoms with Gasteiger partial charge in [0.05, 0.1) is 12.7 Å². The Morgan fingerprint density at radius 3 is 2.89 bits per heavy atom. The van der Waals surface area contributed by atoms with Crippen molar-refractivity contribution >= 4 is 0 Å². The van der Waals surface area contributed by atoms with Gasteiger partial charge >= 0.3 is 0 Å². The predicted octanol–water partition coefficient (Wildman–Crippen LogP) is -0.217. The zero-order chi connectivity index (χ0) is 6.69. The van der Waals surface area contributed by atoms with Gasteiger partial charge in [0.15, 0.2) is 0 Å². The van der Waals surface area contributed by atoms with E-state index in [1.807, 2.05) is 0 Å². The molecule has 0 radical (unpaired) electrons. The van der Waals surface area contributed by atoms with Gasteiger partial charge in [-0.1, -0.05) is 0 Å². The fourth-order valence-corrected chi connectivity index (χ4v) is 0.926. The van der Waals surface area contributed by atoms with E-state index in [4.69, 9.17) is 14.6 Å². The van der Waals surface area contributed by atoms with Gasteiger partial charge in [0, 0.05) is 13.7 Å². The van der Waals surface area contributed by atoms with Crippen LogP contribution in [-0.4, -0.2) is 37.6 Å². The molecule has 0 saturated carbocycles. The number of aliphatic hydroxyl groups excluding tert-OH is 1. The quantitative estimate of drug-likeness (QED) is 0.536. The van der Waals surface area contributed by atoms with E-state index in [9.17, 15) is 0 Å². The van der Waals surface area contributed by atoms with Gasteiger partial charge in [-0.05, 0) is 6.42 Å². The molecule has 1 N–H and O–H groups in total. The average Bonchev–Trinajstić information content (AvgIpc) is 1.89. The number of methoxy groups -OCH3 is 1. The van der Waals surface area contributed by atoms with Gasteiger partial charge in [0.1, 0.15) is 6.10 Å². The second-order valence-electron chi connectivity index (χ2n) is 2.21. The Morgan fingerprint density at radius 1 is 1.67 bits per heavy atom. The molecular formula is C6H12O3. The van der Waals surface area contributed by atoms with Crippen molar-refractivity contribution in [2.45, 2.75) is 18.6 Å². The third-order valence-corrected chi connectivity index (χ3v) is 1.57. The Morgan fingerprint density at radius 2 is 2.44 bits per heavy atom. The molecular weight excluding hydrogens is 120 g/mol.